The zero-order valence-electron chi connectivity index (χ0n) is 9.44. The van der Waals surface area contributed by atoms with Crippen molar-refractivity contribution >= 4 is 11.6 Å². The van der Waals surface area contributed by atoms with Gasteiger partial charge in [-0.3, -0.25) is 4.79 Å². The molecule has 82 valence electrons. The fourth-order valence-corrected chi connectivity index (χ4v) is 2.94. The molecule has 16 heavy (non-hydrogen) atoms. The van der Waals surface area contributed by atoms with E-state index in [1.807, 2.05) is 25.2 Å². The first-order chi connectivity index (χ1) is 7.76. The number of anilines is 1. The first-order valence-corrected chi connectivity index (χ1v) is 5.81. The summed E-state index contributed by atoms with van der Waals surface area (Å²) in [6.07, 6.45) is 7.41. The number of para-hydroxylation sites is 1. The van der Waals surface area contributed by atoms with Gasteiger partial charge in [-0.1, -0.05) is 30.4 Å². The minimum absolute atomic E-state index is 0.227. The highest BCUT2D eigenvalue weighted by Gasteiger charge is 2.47. The average molecular weight is 213 g/mol. The molecule has 0 bridgehead atoms. The topological polar surface area (TPSA) is 20.3 Å². The molecule has 1 atom stereocenters. The van der Waals surface area contributed by atoms with Crippen molar-refractivity contribution in [2.24, 2.45) is 0 Å². The molecule has 0 saturated heterocycles. The minimum atomic E-state index is -0.358. The maximum absolute atomic E-state index is 12.4. The van der Waals surface area contributed by atoms with E-state index < -0.39 is 0 Å². The molecule has 2 nitrogen and oxygen atoms in total. The van der Waals surface area contributed by atoms with Gasteiger partial charge in [0.15, 0.2) is 0 Å². The number of nitrogens with zero attached hydrogens (tertiary/aromatic N) is 1. The number of hydrogen-bond donors (Lipinski definition) is 0. The Morgan fingerprint density at radius 3 is 2.88 bits per heavy atom. The van der Waals surface area contributed by atoms with E-state index in [4.69, 9.17) is 0 Å². The van der Waals surface area contributed by atoms with Gasteiger partial charge in [0.25, 0.3) is 0 Å². The van der Waals surface area contributed by atoms with Gasteiger partial charge in [-0.25, -0.2) is 0 Å². The van der Waals surface area contributed by atoms with Crippen molar-refractivity contribution in [3.63, 3.8) is 0 Å². The normalized spacial score (nSPS) is 27.6. The Morgan fingerprint density at radius 1 is 1.31 bits per heavy atom. The molecule has 0 unspecified atom stereocenters. The second kappa shape index (κ2) is 3.21. The molecule has 1 aromatic rings. The van der Waals surface area contributed by atoms with E-state index in [1.165, 1.54) is 5.56 Å². The van der Waals surface area contributed by atoms with E-state index in [9.17, 15) is 4.79 Å². The molecule has 0 N–H and O–H groups in total. The van der Waals surface area contributed by atoms with Crippen LogP contribution in [-0.4, -0.2) is 13.0 Å². The van der Waals surface area contributed by atoms with Crippen LogP contribution in [0.25, 0.3) is 0 Å². The van der Waals surface area contributed by atoms with E-state index in [2.05, 4.69) is 18.2 Å². The van der Waals surface area contributed by atoms with Crippen molar-refractivity contribution in [2.75, 3.05) is 11.9 Å². The third-order valence-electron chi connectivity index (χ3n) is 3.78. The van der Waals surface area contributed by atoms with Gasteiger partial charge < -0.3 is 4.90 Å². The maximum atomic E-state index is 12.4. The van der Waals surface area contributed by atoms with Gasteiger partial charge in [0.2, 0.25) is 5.91 Å². The average Bonchev–Trinajstić information content (AvgIpc) is 2.55. The van der Waals surface area contributed by atoms with Crippen molar-refractivity contribution in [2.45, 2.75) is 24.7 Å². The fraction of sp³-hybridized carbons (Fsp3) is 0.357. The summed E-state index contributed by atoms with van der Waals surface area (Å²) in [5, 5.41) is 0. The van der Waals surface area contributed by atoms with E-state index >= 15 is 0 Å². The van der Waals surface area contributed by atoms with E-state index in [-0.39, 0.29) is 11.3 Å². The van der Waals surface area contributed by atoms with Gasteiger partial charge in [0.1, 0.15) is 0 Å². The molecule has 1 spiro atoms. The lowest BCUT2D eigenvalue weighted by molar-refractivity contribution is -0.121. The summed E-state index contributed by atoms with van der Waals surface area (Å²) in [4.78, 5) is 14.2. The number of fused-ring (bicyclic) bond motifs is 2. The monoisotopic (exact) mass is 213 g/mol. The summed E-state index contributed by atoms with van der Waals surface area (Å²) in [5.74, 6) is 0.227. The fourth-order valence-electron chi connectivity index (χ4n) is 2.94. The maximum Gasteiger partial charge on any atom is 0.241 e. The lowest BCUT2D eigenvalue weighted by Gasteiger charge is -2.27. The van der Waals surface area contributed by atoms with Gasteiger partial charge in [-0.15, -0.1) is 0 Å². The summed E-state index contributed by atoms with van der Waals surface area (Å²) >= 11 is 0. The van der Waals surface area contributed by atoms with Crippen molar-refractivity contribution < 1.29 is 4.79 Å². The van der Waals surface area contributed by atoms with Crippen LogP contribution in [0.3, 0.4) is 0 Å². The Morgan fingerprint density at radius 2 is 2.12 bits per heavy atom. The molecule has 1 aliphatic carbocycles. The van der Waals surface area contributed by atoms with Crippen molar-refractivity contribution in [3.05, 3.63) is 42.0 Å². The van der Waals surface area contributed by atoms with Crippen molar-refractivity contribution in [3.8, 4) is 0 Å². The summed E-state index contributed by atoms with van der Waals surface area (Å²) in [5.41, 5.74) is 1.89. The molecule has 1 heterocycles. The summed E-state index contributed by atoms with van der Waals surface area (Å²) in [6.45, 7) is 0. The Bertz CT molecular complexity index is 477. The molecule has 1 aliphatic heterocycles. The summed E-state index contributed by atoms with van der Waals surface area (Å²) in [6, 6.07) is 8.14. The first kappa shape index (κ1) is 9.64. The molecular formula is C14H15NO. The number of carbonyl (C=O) groups excluding carboxylic acids is 1. The first-order valence-electron chi connectivity index (χ1n) is 5.81. The third kappa shape index (κ3) is 1.04. The second-order valence-corrected chi connectivity index (χ2v) is 4.65. The number of carbonyl (C=O) groups is 1. The van der Waals surface area contributed by atoms with Gasteiger partial charge >= 0.3 is 0 Å². The molecule has 3 rings (SSSR count). The number of allylic oxidation sites excluding steroid dienone is 1. The van der Waals surface area contributed by atoms with Gasteiger partial charge in [0, 0.05) is 12.7 Å². The predicted molar refractivity (Wildman–Crippen MR) is 64.5 cm³/mol. The van der Waals surface area contributed by atoms with Crippen LogP contribution in [0.1, 0.15) is 24.8 Å². The van der Waals surface area contributed by atoms with Crippen LogP contribution in [0.2, 0.25) is 0 Å². The van der Waals surface area contributed by atoms with Crippen molar-refractivity contribution in [1.82, 2.24) is 0 Å². The molecule has 1 amide bonds. The Balaban J connectivity index is 2.24. The van der Waals surface area contributed by atoms with Gasteiger partial charge in [-0.2, -0.15) is 0 Å². The van der Waals surface area contributed by atoms with E-state index in [0.29, 0.717) is 0 Å². The molecule has 0 aromatic heterocycles. The number of rotatable bonds is 0. The lowest BCUT2D eigenvalue weighted by Crippen LogP contribution is -2.38. The molecule has 1 aromatic carbocycles. The molecule has 0 radical (unpaired) electrons. The SMILES string of the molecule is CN1C(=O)[C@@]2(C=CCCC2)c2ccccc21. The predicted octanol–water partition coefficient (Wildman–Crippen LogP) is 2.64. The van der Waals surface area contributed by atoms with Crippen LogP contribution in [0.4, 0.5) is 5.69 Å². The Kier molecular flexibility index (Phi) is 1.93. The molecule has 0 fully saturated rings. The number of hydrogen-bond acceptors (Lipinski definition) is 1. The highest BCUT2D eigenvalue weighted by atomic mass is 16.2. The van der Waals surface area contributed by atoms with E-state index in [1.54, 1.807) is 4.90 Å². The van der Waals surface area contributed by atoms with Crippen molar-refractivity contribution in [1.29, 1.82) is 0 Å². The van der Waals surface area contributed by atoms with Crippen LogP contribution >= 0.6 is 0 Å². The van der Waals surface area contributed by atoms with Crippen LogP contribution < -0.4 is 4.90 Å². The Hall–Kier alpha value is -1.57. The highest BCUT2D eigenvalue weighted by molar-refractivity contribution is 6.09. The van der Waals surface area contributed by atoms with Gasteiger partial charge in [0.05, 0.1) is 5.41 Å². The number of amides is 1. The number of likely N-dealkylation sites (N-methyl/N-ethyl adjacent to an activating group) is 1. The zero-order chi connectivity index (χ0) is 11.2. The zero-order valence-corrected chi connectivity index (χ0v) is 9.44. The largest absolute Gasteiger partial charge is 0.314 e. The lowest BCUT2D eigenvalue weighted by atomic mass is 9.74. The quantitative estimate of drug-likeness (QED) is 0.607. The molecule has 2 heteroatoms. The standard InChI is InChI=1S/C14H15NO/c1-15-12-8-4-3-7-11(12)14(13(15)16)9-5-2-6-10-14/h3-5,7-9H,2,6,10H2,1H3/t14-/m1/s1. The smallest absolute Gasteiger partial charge is 0.241 e. The number of benzene rings is 1. The Labute approximate surface area is 95.6 Å². The summed E-state index contributed by atoms with van der Waals surface area (Å²) < 4.78 is 0. The second-order valence-electron chi connectivity index (χ2n) is 4.65. The van der Waals surface area contributed by atoms with Crippen LogP contribution in [0.5, 0.6) is 0 Å². The third-order valence-corrected chi connectivity index (χ3v) is 3.78. The molecule has 0 saturated carbocycles. The highest BCUT2D eigenvalue weighted by Crippen LogP contribution is 2.46. The van der Waals surface area contributed by atoms with E-state index in [0.717, 1.165) is 24.9 Å². The molecular weight excluding hydrogens is 198 g/mol. The molecule has 2 aliphatic rings. The van der Waals surface area contributed by atoms with Crippen LogP contribution in [-0.2, 0) is 10.2 Å². The summed E-state index contributed by atoms with van der Waals surface area (Å²) in [7, 11) is 1.87. The minimum Gasteiger partial charge on any atom is -0.314 e. The van der Waals surface area contributed by atoms with Gasteiger partial charge in [-0.05, 0) is 30.9 Å². The van der Waals surface area contributed by atoms with Crippen LogP contribution in [0.15, 0.2) is 36.4 Å². The van der Waals surface area contributed by atoms with Crippen LogP contribution in [0, 0.1) is 0 Å².